The summed E-state index contributed by atoms with van der Waals surface area (Å²) >= 11 is 0. The molecule has 0 amide bonds. The van der Waals surface area contributed by atoms with Crippen LogP contribution in [0.5, 0.6) is 0 Å². The summed E-state index contributed by atoms with van der Waals surface area (Å²) in [5.41, 5.74) is -0.593. The van der Waals surface area contributed by atoms with Crippen LogP contribution in [-0.2, 0) is 18.7 Å². The Bertz CT molecular complexity index is 767. The zero-order valence-corrected chi connectivity index (χ0v) is 20.4. The molecule has 4 rings (SSSR count). The van der Waals surface area contributed by atoms with Gasteiger partial charge in [-0.1, -0.05) is 33.8 Å². The fourth-order valence-corrected chi connectivity index (χ4v) is 7.95. The van der Waals surface area contributed by atoms with E-state index in [4.69, 9.17) is 13.9 Å². The van der Waals surface area contributed by atoms with Crippen molar-refractivity contribution >= 4 is 14.1 Å². The second-order valence-electron chi connectivity index (χ2n) is 12.0. The van der Waals surface area contributed by atoms with Crippen LogP contribution in [0.25, 0.3) is 0 Å². The summed E-state index contributed by atoms with van der Waals surface area (Å²) in [6, 6.07) is 0. The summed E-state index contributed by atoms with van der Waals surface area (Å²) in [4.78, 5) is 13.8. The molecule has 2 saturated heterocycles. The highest BCUT2D eigenvalue weighted by atomic mass is 28.4. The molecular formula is C23H38O4Si. The lowest BCUT2D eigenvalue weighted by Gasteiger charge is -2.51. The van der Waals surface area contributed by atoms with E-state index in [1.54, 1.807) is 0 Å². The SMILES string of the molecule is CC1=C[C@@]2(CO[Si](C)(C)C(C)(C)C)COC3(C)C(=O)[C@@]4(C)[C@H](C)O[C@@H]1[C@@]4(C)[C@H]32. The summed E-state index contributed by atoms with van der Waals surface area (Å²) < 4.78 is 19.6. The van der Waals surface area contributed by atoms with E-state index < -0.39 is 19.3 Å². The Morgan fingerprint density at radius 3 is 2.43 bits per heavy atom. The molecule has 4 nitrogen and oxygen atoms in total. The van der Waals surface area contributed by atoms with Crippen LogP contribution in [0, 0.1) is 22.2 Å². The smallest absolute Gasteiger partial charge is 0.192 e. The highest BCUT2D eigenvalue weighted by Gasteiger charge is 2.84. The normalized spacial score (nSPS) is 50.1. The molecule has 0 radical (unpaired) electrons. The number of ketones is 1. The van der Waals surface area contributed by atoms with E-state index in [-0.39, 0.29) is 39.8 Å². The van der Waals surface area contributed by atoms with Crippen molar-refractivity contribution in [1.29, 1.82) is 0 Å². The zero-order valence-electron chi connectivity index (χ0n) is 19.4. The second kappa shape index (κ2) is 5.40. The van der Waals surface area contributed by atoms with Crippen molar-refractivity contribution in [3.05, 3.63) is 11.6 Å². The maximum absolute atomic E-state index is 13.8. The fraction of sp³-hybridized carbons (Fsp3) is 0.870. The molecule has 1 saturated carbocycles. The first-order chi connectivity index (χ1) is 12.6. The van der Waals surface area contributed by atoms with E-state index >= 15 is 0 Å². The van der Waals surface area contributed by atoms with Crippen LogP contribution >= 0.6 is 0 Å². The van der Waals surface area contributed by atoms with Crippen LogP contribution < -0.4 is 0 Å². The molecule has 2 aliphatic heterocycles. The van der Waals surface area contributed by atoms with Gasteiger partial charge in [0, 0.05) is 23.4 Å². The number of hydrogen-bond donors (Lipinski definition) is 0. The lowest BCUT2D eigenvalue weighted by molar-refractivity contribution is -0.145. The molecule has 2 aliphatic carbocycles. The van der Waals surface area contributed by atoms with Crippen molar-refractivity contribution in [2.75, 3.05) is 13.2 Å². The van der Waals surface area contributed by atoms with Crippen LogP contribution in [0.4, 0.5) is 0 Å². The molecule has 4 aliphatic rings. The van der Waals surface area contributed by atoms with Gasteiger partial charge in [-0.05, 0) is 51.4 Å². The molecule has 28 heavy (non-hydrogen) atoms. The van der Waals surface area contributed by atoms with Crippen molar-refractivity contribution in [3.8, 4) is 0 Å². The van der Waals surface area contributed by atoms with E-state index in [9.17, 15) is 4.79 Å². The molecule has 0 aromatic carbocycles. The Hall–Kier alpha value is -0.493. The standard InChI is InChI=1S/C23H38O4Si/c1-14-11-23(13-26-28(9,10)19(3,4)5)12-25-22(8)17(23)21(7)16(14)27-15(2)20(21,6)18(22)24/h11,15-17H,12-13H2,1-10H3/t15-,16-,17+,20+,21-,22?,23-/m0/s1. The lowest BCUT2D eigenvalue weighted by Crippen LogP contribution is -2.55. The highest BCUT2D eigenvalue weighted by Crippen LogP contribution is 2.75. The Kier molecular flexibility index (Phi) is 4.01. The Balaban J connectivity index is 1.83. The minimum absolute atomic E-state index is 0.0222. The van der Waals surface area contributed by atoms with Crippen molar-refractivity contribution in [1.82, 2.24) is 0 Å². The summed E-state index contributed by atoms with van der Waals surface area (Å²) in [6.07, 6.45) is 2.21. The van der Waals surface area contributed by atoms with Crippen LogP contribution in [0.15, 0.2) is 11.6 Å². The Labute approximate surface area is 171 Å². The molecular weight excluding hydrogens is 368 g/mol. The molecule has 0 aromatic heterocycles. The van der Waals surface area contributed by atoms with Gasteiger partial charge in [0.1, 0.15) is 5.60 Å². The van der Waals surface area contributed by atoms with Crippen molar-refractivity contribution in [2.24, 2.45) is 22.2 Å². The molecule has 0 N–H and O–H groups in total. The van der Waals surface area contributed by atoms with E-state index in [2.05, 4.69) is 67.6 Å². The van der Waals surface area contributed by atoms with Crippen molar-refractivity contribution in [3.63, 3.8) is 0 Å². The predicted octanol–water partition coefficient (Wildman–Crippen LogP) is 4.74. The van der Waals surface area contributed by atoms with E-state index in [1.165, 1.54) is 5.57 Å². The van der Waals surface area contributed by atoms with Crippen LogP contribution in [0.1, 0.15) is 55.4 Å². The molecule has 0 spiro atoms. The third-order valence-corrected chi connectivity index (χ3v) is 14.0. The lowest BCUT2D eigenvalue weighted by atomic mass is 9.51. The fourth-order valence-electron chi connectivity index (χ4n) is 6.89. The quantitative estimate of drug-likeness (QED) is 0.501. The Morgan fingerprint density at radius 1 is 1.25 bits per heavy atom. The van der Waals surface area contributed by atoms with Gasteiger partial charge in [-0.25, -0.2) is 0 Å². The first-order valence-electron chi connectivity index (χ1n) is 10.8. The van der Waals surface area contributed by atoms with Crippen molar-refractivity contribution in [2.45, 2.75) is 91.3 Å². The zero-order chi connectivity index (χ0) is 21.1. The summed E-state index contributed by atoms with van der Waals surface area (Å²) in [6.45, 7) is 23.2. The van der Waals surface area contributed by atoms with E-state index in [0.29, 0.717) is 13.2 Å². The molecule has 2 heterocycles. The third-order valence-electron chi connectivity index (χ3n) is 9.54. The number of ether oxygens (including phenoxy) is 2. The molecule has 1 unspecified atom stereocenters. The van der Waals surface area contributed by atoms with Gasteiger partial charge in [0.05, 0.1) is 24.2 Å². The van der Waals surface area contributed by atoms with Crippen LogP contribution in [-0.4, -0.2) is 45.1 Å². The number of Topliss-reactive ketones (excluding diaryl/α,β-unsaturated/α-hetero) is 1. The number of rotatable bonds is 3. The average molecular weight is 407 g/mol. The first kappa shape index (κ1) is 20.8. The molecule has 3 fully saturated rings. The molecule has 0 bridgehead atoms. The molecule has 5 heteroatoms. The topological polar surface area (TPSA) is 44.8 Å². The minimum atomic E-state index is -1.92. The van der Waals surface area contributed by atoms with E-state index in [1.807, 2.05) is 6.92 Å². The monoisotopic (exact) mass is 406 g/mol. The van der Waals surface area contributed by atoms with Gasteiger partial charge in [-0.3, -0.25) is 4.79 Å². The first-order valence-corrected chi connectivity index (χ1v) is 13.7. The molecule has 0 aromatic rings. The second-order valence-corrected chi connectivity index (χ2v) is 16.8. The van der Waals surface area contributed by atoms with Gasteiger partial charge < -0.3 is 13.9 Å². The van der Waals surface area contributed by atoms with Gasteiger partial charge in [-0.2, -0.15) is 0 Å². The molecule has 7 atom stereocenters. The number of carbonyl (C=O) groups is 1. The maximum Gasteiger partial charge on any atom is 0.192 e. The number of hydrogen-bond acceptors (Lipinski definition) is 4. The van der Waals surface area contributed by atoms with Gasteiger partial charge >= 0.3 is 0 Å². The molecule has 158 valence electrons. The van der Waals surface area contributed by atoms with Gasteiger partial charge in [0.15, 0.2) is 14.1 Å². The number of carbonyl (C=O) groups excluding carboxylic acids is 1. The maximum atomic E-state index is 13.8. The average Bonchev–Trinajstić information content (AvgIpc) is 3.03. The Morgan fingerprint density at radius 2 is 1.86 bits per heavy atom. The van der Waals surface area contributed by atoms with E-state index in [0.717, 1.165) is 0 Å². The third kappa shape index (κ3) is 2.05. The highest BCUT2D eigenvalue weighted by molar-refractivity contribution is 6.74. The van der Waals surface area contributed by atoms with Crippen LogP contribution in [0.3, 0.4) is 0 Å². The largest absolute Gasteiger partial charge is 0.416 e. The minimum Gasteiger partial charge on any atom is -0.416 e. The van der Waals surface area contributed by atoms with Crippen molar-refractivity contribution < 1.29 is 18.7 Å². The summed E-state index contributed by atoms with van der Waals surface area (Å²) in [5, 5.41) is 0.150. The van der Waals surface area contributed by atoms with Gasteiger partial charge in [0.25, 0.3) is 0 Å². The van der Waals surface area contributed by atoms with Gasteiger partial charge in [-0.15, -0.1) is 0 Å². The van der Waals surface area contributed by atoms with Crippen LogP contribution in [0.2, 0.25) is 18.1 Å². The predicted molar refractivity (Wildman–Crippen MR) is 113 cm³/mol. The summed E-state index contributed by atoms with van der Waals surface area (Å²) in [7, 11) is -1.92. The summed E-state index contributed by atoms with van der Waals surface area (Å²) in [5.74, 6) is 0.299. The van der Waals surface area contributed by atoms with Gasteiger partial charge in [0.2, 0.25) is 0 Å².